The second kappa shape index (κ2) is 10.4. The van der Waals surface area contributed by atoms with Crippen molar-refractivity contribution in [3.05, 3.63) is 74.3 Å². The van der Waals surface area contributed by atoms with Crippen molar-refractivity contribution in [3.63, 3.8) is 0 Å². The van der Waals surface area contributed by atoms with Crippen LogP contribution in [0.25, 0.3) is 10.9 Å². The SMILES string of the molecule is CCOC(=O)c1cn(C(CO)C(C)C)c2cc(OC)c(Cc3cccc(Cl)c3F)cc2c1=O. The van der Waals surface area contributed by atoms with Crippen molar-refractivity contribution in [1.29, 1.82) is 0 Å². The van der Waals surface area contributed by atoms with E-state index in [0.717, 1.165) is 0 Å². The molecule has 3 aromatic rings. The summed E-state index contributed by atoms with van der Waals surface area (Å²) in [5.41, 5.74) is 0.760. The molecule has 1 heterocycles. The lowest BCUT2D eigenvalue weighted by Crippen LogP contribution is -2.26. The summed E-state index contributed by atoms with van der Waals surface area (Å²) in [5, 5.41) is 10.3. The third-order valence-electron chi connectivity index (χ3n) is 5.66. The fraction of sp³-hybridized carbons (Fsp3) is 0.360. The zero-order chi connectivity index (χ0) is 24.3. The van der Waals surface area contributed by atoms with E-state index in [-0.39, 0.29) is 41.5 Å². The fourth-order valence-electron chi connectivity index (χ4n) is 3.89. The van der Waals surface area contributed by atoms with Gasteiger partial charge >= 0.3 is 5.97 Å². The van der Waals surface area contributed by atoms with Gasteiger partial charge in [0.15, 0.2) is 0 Å². The van der Waals surface area contributed by atoms with Gasteiger partial charge in [-0.25, -0.2) is 9.18 Å². The number of esters is 1. The number of nitrogens with zero attached hydrogens (tertiary/aromatic N) is 1. The van der Waals surface area contributed by atoms with E-state index in [1.54, 1.807) is 35.8 Å². The molecular formula is C25H27ClFNO5. The molecule has 8 heteroatoms. The van der Waals surface area contributed by atoms with E-state index in [1.807, 2.05) is 13.8 Å². The van der Waals surface area contributed by atoms with Crippen LogP contribution in [-0.2, 0) is 11.2 Å². The Labute approximate surface area is 196 Å². The van der Waals surface area contributed by atoms with Crippen LogP contribution in [0, 0.1) is 11.7 Å². The number of benzene rings is 2. The monoisotopic (exact) mass is 475 g/mol. The minimum Gasteiger partial charge on any atom is -0.496 e. The molecule has 0 bridgehead atoms. The summed E-state index contributed by atoms with van der Waals surface area (Å²) < 4.78 is 26.9. The second-order valence-electron chi connectivity index (χ2n) is 8.06. The number of methoxy groups -OCH3 is 1. The molecule has 6 nitrogen and oxygen atoms in total. The van der Waals surface area contributed by atoms with Crippen LogP contribution >= 0.6 is 11.6 Å². The predicted molar refractivity (Wildman–Crippen MR) is 126 cm³/mol. The highest BCUT2D eigenvalue weighted by molar-refractivity contribution is 6.30. The largest absolute Gasteiger partial charge is 0.496 e. The maximum atomic E-state index is 14.5. The number of halogens is 2. The number of hydrogen-bond donors (Lipinski definition) is 1. The molecule has 0 aliphatic rings. The van der Waals surface area contributed by atoms with Crippen molar-refractivity contribution < 1.29 is 23.8 Å². The van der Waals surface area contributed by atoms with Crippen LogP contribution in [0.2, 0.25) is 5.02 Å². The van der Waals surface area contributed by atoms with E-state index >= 15 is 0 Å². The predicted octanol–water partition coefficient (Wildman–Crippen LogP) is 4.76. The highest BCUT2D eigenvalue weighted by Crippen LogP contribution is 2.31. The first-order valence-corrected chi connectivity index (χ1v) is 11.1. The Morgan fingerprint density at radius 3 is 2.58 bits per heavy atom. The first-order chi connectivity index (χ1) is 15.7. The Bertz CT molecular complexity index is 1240. The molecule has 1 N–H and O–H groups in total. The number of aromatic nitrogens is 1. The van der Waals surface area contributed by atoms with Gasteiger partial charge in [0.2, 0.25) is 5.43 Å². The van der Waals surface area contributed by atoms with E-state index in [1.165, 1.54) is 19.4 Å². The zero-order valence-corrected chi connectivity index (χ0v) is 19.8. The summed E-state index contributed by atoms with van der Waals surface area (Å²) in [6.07, 6.45) is 1.56. The Hall–Kier alpha value is -2.90. The van der Waals surface area contributed by atoms with Crippen LogP contribution in [0.4, 0.5) is 4.39 Å². The molecule has 1 atom stereocenters. The van der Waals surface area contributed by atoms with Crippen molar-refractivity contribution in [2.45, 2.75) is 33.2 Å². The number of aliphatic hydroxyl groups excluding tert-OH is 1. The number of carbonyl (C=O) groups is 1. The lowest BCUT2D eigenvalue weighted by atomic mass is 9.98. The minimum atomic E-state index is -0.739. The van der Waals surface area contributed by atoms with Crippen molar-refractivity contribution in [1.82, 2.24) is 4.57 Å². The molecule has 0 amide bonds. The molecule has 0 spiro atoms. The van der Waals surface area contributed by atoms with Crippen LogP contribution in [0.5, 0.6) is 5.75 Å². The average molecular weight is 476 g/mol. The first kappa shape index (κ1) is 24.7. The van der Waals surface area contributed by atoms with E-state index in [9.17, 15) is 19.1 Å². The van der Waals surface area contributed by atoms with Crippen molar-refractivity contribution in [2.24, 2.45) is 5.92 Å². The summed E-state index contributed by atoms with van der Waals surface area (Å²) >= 11 is 5.93. The normalized spacial score (nSPS) is 12.2. The van der Waals surface area contributed by atoms with Gasteiger partial charge in [0.25, 0.3) is 0 Å². The number of aliphatic hydroxyl groups is 1. The number of fused-ring (bicyclic) bond motifs is 1. The number of pyridine rings is 1. The maximum Gasteiger partial charge on any atom is 0.343 e. The number of hydrogen-bond acceptors (Lipinski definition) is 5. The zero-order valence-electron chi connectivity index (χ0n) is 19.0. The second-order valence-corrected chi connectivity index (χ2v) is 8.47. The molecule has 0 radical (unpaired) electrons. The highest BCUT2D eigenvalue weighted by Gasteiger charge is 2.23. The van der Waals surface area contributed by atoms with E-state index in [2.05, 4.69) is 0 Å². The van der Waals surface area contributed by atoms with Gasteiger partial charge in [-0.15, -0.1) is 0 Å². The molecule has 2 aromatic carbocycles. The molecular weight excluding hydrogens is 449 g/mol. The molecule has 3 rings (SSSR count). The maximum absolute atomic E-state index is 14.5. The van der Waals surface area contributed by atoms with E-state index < -0.39 is 23.3 Å². The molecule has 176 valence electrons. The smallest absolute Gasteiger partial charge is 0.343 e. The van der Waals surface area contributed by atoms with Gasteiger partial charge in [-0.05, 0) is 36.1 Å². The van der Waals surface area contributed by atoms with Crippen molar-refractivity contribution in [2.75, 3.05) is 20.3 Å². The van der Waals surface area contributed by atoms with Gasteiger partial charge in [0.05, 0.1) is 36.9 Å². The van der Waals surface area contributed by atoms with Crippen molar-refractivity contribution >= 4 is 28.5 Å². The Kier molecular flexibility index (Phi) is 7.76. The van der Waals surface area contributed by atoms with Gasteiger partial charge < -0.3 is 19.1 Å². The number of carbonyl (C=O) groups excluding carboxylic acids is 1. The van der Waals surface area contributed by atoms with E-state index in [0.29, 0.717) is 22.4 Å². The highest BCUT2D eigenvalue weighted by atomic mass is 35.5. The molecule has 33 heavy (non-hydrogen) atoms. The number of rotatable bonds is 8. The van der Waals surface area contributed by atoms with Crippen LogP contribution in [0.3, 0.4) is 0 Å². The van der Waals surface area contributed by atoms with Crippen LogP contribution in [0.15, 0.2) is 41.3 Å². The molecule has 1 unspecified atom stereocenters. The molecule has 0 saturated heterocycles. The summed E-state index contributed by atoms with van der Waals surface area (Å²) in [4.78, 5) is 25.8. The van der Waals surface area contributed by atoms with Crippen molar-refractivity contribution in [3.8, 4) is 5.75 Å². The molecule has 0 fully saturated rings. The topological polar surface area (TPSA) is 77.8 Å². The Morgan fingerprint density at radius 1 is 1.24 bits per heavy atom. The van der Waals surface area contributed by atoms with Crippen LogP contribution in [-0.4, -0.2) is 36.0 Å². The van der Waals surface area contributed by atoms with Gasteiger partial charge in [-0.3, -0.25) is 4.79 Å². The third-order valence-corrected chi connectivity index (χ3v) is 5.95. The summed E-state index contributed by atoms with van der Waals surface area (Å²) in [5.74, 6) is -0.836. The Morgan fingerprint density at radius 2 is 1.97 bits per heavy atom. The van der Waals surface area contributed by atoms with Crippen LogP contribution < -0.4 is 10.2 Å². The summed E-state index contributed by atoms with van der Waals surface area (Å²) in [6, 6.07) is 7.60. The lowest BCUT2D eigenvalue weighted by molar-refractivity contribution is 0.0523. The Balaban J connectivity index is 2.32. The standard InChI is InChI=1S/C25H27ClFNO5/c1-5-33-25(31)18-12-28(21(13-29)14(2)3)20-11-22(32-4)16(10-17(20)24(18)30)9-15-7-6-8-19(26)23(15)27/h6-8,10-12,14,21,29H,5,9,13H2,1-4H3. The molecule has 0 aliphatic heterocycles. The molecule has 0 aliphatic carbocycles. The first-order valence-electron chi connectivity index (χ1n) is 10.7. The molecule has 1 aromatic heterocycles. The molecule has 0 saturated carbocycles. The summed E-state index contributed by atoms with van der Waals surface area (Å²) in [6.45, 7) is 5.44. The quantitative estimate of drug-likeness (QED) is 0.475. The third kappa shape index (κ3) is 4.89. The minimum absolute atomic E-state index is 0.00179. The van der Waals surface area contributed by atoms with E-state index in [4.69, 9.17) is 21.1 Å². The van der Waals surface area contributed by atoms with Crippen LogP contribution in [0.1, 0.15) is 48.3 Å². The van der Waals surface area contributed by atoms with Gasteiger partial charge in [0, 0.05) is 24.1 Å². The summed E-state index contributed by atoms with van der Waals surface area (Å²) in [7, 11) is 1.49. The van der Waals surface area contributed by atoms with Gasteiger partial charge in [0.1, 0.15) is 17.1 Å². The number of ether oxygens (including phenoxy) is 2. The fourth-order valence-corrected chi connectivity index (χ4v) is 4.08. The van der Waals surface area contributed by atoms with Gasteiger partial charge in [-0.2, -0.15) is 0 Å². The average Bonchev–Trinajstić information content (AvgIpc) is 2.78. The van der Waals surface area contributed by atoms with Gasteiger partial charge in [-0.1, -0.05) is 37.6 Å². The lowest BCUT2D eigenvalue weighted by Gasteiger charge is -2.25.